The van der Waals surface area contributed by atoms with Gasteiger partial charge in [0.05, 0.1) is 29.0 Å². The number of hydrogen-bond donors (Lipinski definition) is 1. The van der Waals surface area contributed by atoms with Crippen LogP contribution >= 0.6 is 0 Å². The Morgan fingerprint density at radius 1 is 1.25 bits per heavy atom. The lowest BCUT2D eigenvalue weighted by molar-refractivity contribution is 0.461. The molecule has 106 valence electrons. The molecule has 0 bridgehead atoms. The highest BCUT2D eigenvalue weighted by Gasteiger charge is 2.23. The van der Waals surface area contributed by atoms with Crippen molar-refractivity contribution in [3.8, 4) is 0 Å². The van der Waals surface area contributed by atoms with Gasteiger partial charge in [-0.25, -0.2) is 4.98 Å². The molecule has 0 amide bonds. The molecule has 0 aliphatic heterocycles. The number of nitrogens with zero attached hydrogens (tertiary/aromatic N) is 2. The number of fused-ring (bicyclic) bond motifs is 1. The SMILES string of the molecule is CCCNC(CCC1CC1)c1cnc2ccccc2n1. The third-order valence-electron chi connectivity index (χ3n) is 4.03. The summed E-state index contributed by atoms with van der Waals surface area (Å²) in [6.45, 7) is 3.25. The van der Waals surface area contributed by atoms with Gasteiger partial charge in [0, 0.05) is 0 Å². The van der Waals surface area contributed by atoms with Crippen LogP contribution in [0.2, 0.25) is 0 Å². The van der Waals surface area contributed by atoms with E-state index in [1.807, 2.05) is 30.5 Å². The second-order valence-corrected chi connectivity index (χ2v) is 5.81. The van der Waals surface area contributed by atoms with Crippen molar-refractivity contribution >= 4 is 11.0 Å². The summed E-state index contributed by atoms with van der Waals surface area (Å²) in [5, 5.41) is 3.63. The quantitative estimate of drug-likeness (QED) is 0.829. The molecule has 1 fully saturated rings. The molecule has 1 aliphatic carbocycles. The minimum atomic E-state index is 0.354. The maximum Gasteiger partial charge on any atom is 0.0890 e. The van der Waals surface area contributed by atoms with Crippen LogP contribution < -0.4 is 5.32 Å². The average molecular weight is 269 g/mol. The molecule has 0 spiro atoms. The first kappa shape index (κ1) is 13.5. The Kier molecular flexibility index (Phi) is 4.26. The van der Waals surface area contributed by atoms with Gasteiger partial charge in [-0.3, -0.25) is 4.98 Å². The summed E-state index contributed by atoms with van der Waals surface area (Å²) in [6, 6.07) is 8.46. The molecule has 3 nitrogen and oxygen atoms in total. The van der Waals surface area contributed by atoms with Crippen molar-refractivity contribution in [3.63, 3.8) is 0 Å². The van der Waals surface area contributed by atoms with Gasteiger partial charge >= 0.3 is 0 Å². The van der Waals surface area contributed by atoms with E-state index in [2.05, 4.69) is 17.2 Å². The molecule has 1 unspecified atom stereocenters. The molecule has 1 aromatic heterocycles. The van der Waals surface area contributed by atoms with E-state index in [9.17, 15) is 0 Å². The zero-order valence-electron chi connectivity index (χ0n) is 12.2. The van der Waals surface area contributed by atoms with Crippen molar-refractivity contribution in [1.29, 1.82) is 0 Å². The van der Waals surface area contributed by atoms with Crippen LogP contribution in [0.3, 0.4) is 0 Å². The van der Waals surface area contributed by atoms with Gasteiger partial charge in [0.15, 0.2) is 0 Å². The van der Waals surface area contributed by atoms with E-state index in [0.717, 1.165) is 35.6 Å². The number of rotatable bonds is 7. The Hall–Kier alpha value is -1.48. The Balaban J connectivity index is 1.78. The van der Waals surface area contributed by atoms with E-state index in [0.29, 0.717) is 6.04 Å². The molecule has 0 saturated heterocycles. The first-order valence-corrected chi connectivity index (χ1v) is 7.82. The Bertz CT molecular complexity index is 563. The fraction of sp³-hybridized carbons (Fsp3) is 0.529. The normalized spacial score (nSPS) is 16.4. The lowest BCUT2D eigenvalue weighted by Gasteiger charge is -2.18. The molecule has 1 aliphatic rings. The van der Waals surface area contributed by atoms with Crippen molar-refractivity contribution in [1.82, 2.24) is 15.3 Å². The van der Waals surface area contributed by atoms with Gasteiger partial charge in [-0.2, -0.15) is 0 Å². The molecule has 3 rings (SSSR count). The van der Waals surface area contributed by atoms with Gasteiger partial charge in [0.1, 0.15) is 0 Å². The summed E-state index contributed by atoms with van der Waals surface area (Å²) in [5.41, 5.74) is 3.07. The van der Waals surface area contributed by atoms with Gasteiger partial charge in [-0.1, -0.05) is 31.9 Å². The minimum Gasteiger partial charge on any atom is -0.309 e. The predicted molar refractivity (Wildman–Crippen MR) is 82.5 cm³/mol. The van der Waals surface area contributed by atoms with Crippen LogP contribution in [-0.4, -0.2) is 16.5 Å². The zero-order chi connectivity index (χ0) is 13.8. The number of aromatic nitrogens is 2. The van der Waals surface area contributed by atoms with Gasteiger partial charge < -0.3 is 5.32 Å². The largest absolute Gasteiger partial charge is 0.309 e. The molecule has 2 aromatic rings. The summed E-state index contributed by atoms with van der Waals surface area (Å²) in [6.07, 6.45) is 8.44. The molecule has 1 atom stereocenters. The van der Waals surface area contributed by atoms with Gasteiger partial charge in [-0.05, 0) is 43.9 Å². The van der Waals surface area contributed by atoms with E-state index in [-0.39, 0.29) is 0 Å². The number of benzene rings is 1. The first-order valence-electron chi connectivity index (χ1n) is 7.82. The van der Waals surface area contributed by atoms with Gasteiger partial charge in [-0.15, -0.1) is 0 Å². The fourth-order valence-corrected chi connectivity index (χ4v) is 2.62. The number of para-hydroxylation sites is 2. The molecule has 1 saturated carbocycles. The molecule has 1 N–H and O–H groups in total. The third-order valence-corrected chi connectivity index (χ3v) is 4.03. The number of hydrogen-bond acceptors (Lipinski definition) is 3. The van der Waals surface area contributed by atoms with Crippen LogP contribution in [-0.2, 0) is 0 Å². The van der Waals surface area contributed by atoms with Crippen molar-refractivity contribution < 1.29 is 0 Å². The highest BCUT2D eigenvalue weighted by Crippen LogP contribution is 2.35. The lowest BCUT2D eigenvalue weighted by atomic mass is 10.1. The molecule has 1 aromatic carbocycles. The van der Waals surface area contributed by atoms with Crippen molar-refractivity contribution in [2.75, 3.05) is 6.54 Å². The zero-order valence-corrected chi connectivity index (χ0v) is 12.2. The maximum absolute atomic E-state index is 4.80. The third kappa shape index (κ3) is 3.34. The molecule has 0 radical (unpaired) electrons. The Labute approximate surface area is 120 Å². The monoisotopic (exact) mass is 269 g/mol. The Morgan fingerprint density at radius 3 is 2.80 bits per heavy atom. The highest BCUT2D eigenvalue weighted by molar-refractivity contribution is 5.73. The summed E-state index contributed by atoms with van der Waals surface area (Å²) in [5.74, 6) is 0.967. The molecule has 1 heterocycles. The second kappa shape index (κ2) is 6.31. The molecular formula is C17H23N3. The topological polar surface area (TPSA) is 37.8 Å². The van der Waals surface area contributed by atoms with Gasteiger partial charge in [0.25, 0.3) is 0 Å². The fourth-order valence-electron chi connectivity index (χ4n) is 2.62. The predicted octanol–water partition coefficient (Wildman–Crippen LogP) is 3.86. The molecule has 20 heavy (non-hydrogen) atoms. The maximum atomic E-state index is 4.80. The smallest absolute Gasteiger partial charge is 0.0890 e. The van der Waals surface area contributed by atoms with Crippen LogP contribution in [0.25, 0.3) is 11.0 Å². The van der Waals surface area contributed by atoms with E-state index in [1.54, 1.807) is 0 Å². The van der Waals surface area contributed by atoms with E-state index in [1.165, 1.54) is 25.7 Å². The van der Waals surface area contributed by atoms with Crippen molar-refractivity contribution in [2.24, 2.45) is 5.92 Å². The van der Waals surface area contributed by atoms with Crippen molar-refractivity contribution in [2.45, 2.75) is 45.1 Å². The minimum absolute atomic E-state index is 0.354. The number of nitrogens with one attached hydrogen (secondary N) is 1. The molecular weight excluding hydrogens is 246 g/mol. The van der Waals surface area contributed by atoms with Crippen LogP contribution in [0.1, 0.15) is 50.8 Å². The van der Waals surface area contributed by atoms with E-state index in [4.69, 9.17) is 4.98 Å². The van der Waals surface area contributed by atoms with Crippen LogP contribution in [0.15, 0.2) is 30.5 Å². The first-order chi connectivity index (χ1) is 9.86. The summed E-state index contributed by atoms with van der Waals surface area (Å²) in [7, 11) is 0. The second-order valence-electron chi connectivity index (χ2n) is 5.81. The molecule has 3 heteroatoms. The summed E-state index contributed by atoms with van der Waals surface area (Å²) >= 11 is 0. The van der Waals surface area contributed by atoms with Crippen LogP contribution in [0.5, 0.6) is 0 Å². The Morgan fingerprint density at radius 2 is 2.05 bits per heavy atom. The summed E-state index contributed by atoms with van der Waals surface area (Å²) < 4.78 is 0. The van der Waals surface area contributed by atoms with E-state index < -0.39 is 0 Å². The van der Waals surface area contributed by atoms with Crippen LogP contribution in [0, 0.1) is 5.92 Å². The average Bonchev–Trinajstić information content (AvgIpc) is 3.31. The van der Waals surface area contributed by atoms with E-state index >= 15 is 0 Å². The standard InChI is InChI=1S/C17H23N3/c1-2-11-18-15(10-9-13-7-8-13)17-12-19-14-5-3-4-6-16(14)20-17/h3-6,12-13,15,18H,2,7-11H2,1H3. The lowest BCUT2D eigenvalue weighted by Crippen LogP contribution is -2.23. The van der Waals surface area contributed by atoms with Crippen molar-refractivity contribution in [3.05, 3.63) is 36.2 Å². The van der Waals surface area contributed by atoms with Crippen LogP contribution in [0.4, 0.5) is 0 Å². The highest BCUT2D eigenvalue weighted by atomic mass is 14.9. The van der Waals surface area contributed by atoms with Gasteiger partial charge in [0.2, 0.25) is 0 Å². The summed E-state index contributed by atoms with van der Waals surface area (Å²) in [4.78, 5) is 9.35.